The minimum atomic E-state index is -0.925. The second-order valence-corrected chi connectivity index (χ2v) is 12.2. The van der Waals surface area contributed by atoms with Gasteiger partial charge in [0.25, 0.3) is 0 Å². The maximum Gasteiger partial charge on any atom is 0.226 e. The summed E-state index contributed by atoms with van der Waals surface area (Å²) in [5, 5.41) is 15.5. The highest BCUT2D eigenvalue weighted by Gasteiger charge is 2.64. The molecule has 0 bridgehead atoms. The van der Waals surface area contributed by atoms with E-state index in [9.17, 15) is 9.90 Å². The summed E-state index contributed by atoms with van der Waals surface area (Å²) in [4.78, 5) is 22.4. The minimum absolute atomic E-state index is 0.00842. The van der Waals surface area contributed by atoms with Crippen LogP contribution in [0.5, 0.6) is 5.75 Å². The SMILES string of the molecule is C/N=C/[C@]1(O)C[C@@H](CCC(=O)Nc2ncc(C)s2)C2C3CCc4cc(OC)ccc4C3CC[C@@]21C. The van der Waals surface area contributed by atoms with Gasteiger partial charge in [-0.2, -0.15) is 0 Å². The van der Waals surface area contributed by atoms with Gasteiger partial charge in [-0.25, -0.2) is 4.98 Å². The van der Waals surface area contributed by atoms with Crippen LogP contribution in [0.1, 0.15) is 67.4 Å². The lowest BCUT2D eigenvalue weighted by Crippen LogP contribution is -2.52. The average molecular weight is 496 g/mol. The summed E-state index contributed by atoms with van der Waals surface area (Å²) < 4.78 is 5.48. The Morgan fingerprint density at radius 2 is 2.23 bits per heavy atom. The normalized spacial score (nSPS) is 33.7. The van der Waals surface area contributed by atoms with Gasteiger partial charge in [-0.05, 0) is 92.4 Å². The fourth-order valence-electron chi connectivity index (χ4n) is 7.68. The van der Waals surface area contributed by atoms with Gasteiger partial charge in [-0.3, -0.25) is 9.79 Å². The molecule has 7 heteroatoms. The average Bonchev–Trinajstić information content (AvgIpc) is 3.34. The number of aliphatic imine (C=N–C) groups is 1. The Hall–Kier alpha value is -2.25. The molecule has 3 aliphatic carbocycles. The number of aryl methyl sites for hydroxylation is 2. The van der Waals surface area contributed by atoms with E-state index >= 15 is 0 Å². The zero-order chi connectivity index (χ0) is 24.8. The number of nitrogens with one attached hydrogen (secondary N) is 1. The number of ether oxygens (including phenoxy) is 1. The highest BCUT2D eigenvalue weighted by atomic mass is 32.1. The van der Waals surface area contributed by atoms with Gasteiger partial charge in [-0.15, -0.1) is 11.3 Å². The van der Waals surface area contributed by atoms with E-state index in [4.69, 9.17) is 4.74 Å². The summed E-state index contributed by atoms with van der Waals surface area (Å²) in [5.41, 5.74) is 1.71. The van der Waals surface area contributed by atoms with E-state index in [1.165, 1.54) is 22.5 Å². The predicted octanol–water partition coefficient (Wildman–Crippen LogP) is 5.39. The number of nitrogens with zero attached hydrogens (tertiary/aromatic N) is 2. The van der Waals surface area contributed by atoms with Crippen LogP contribution in [0.15, 0.2) is 29.4 Å². The van der Waals surface area contributed by atoms with Crippen molar-refractivity contribution in [3.05, 3.63) is 40.4 Å². The van der Waals surface area contributed by atoms with Crippen LogP contribution in [0, 0.1) is 30.1 Å². The summed E-state index contributed by atoms with van der Waals surface area (Å²) in [6.45, 7) is 4.26. The number of carbonyl (C=O) groups is 1. The van der Waals surface area contributed by atoms with Crippen LogP contribution in [0.2, 0.25) is 0 Å². The van der Waals surface area contributed by atoms with Crippen LogP contribution in [0.4, 0.5) is 5.13 Å². The number of carbonyl (C=O) groups excluding carboxylic acids is 1. The van der Waals surface area contributed by atoms with E-state index in [0.717, 1.165) is 42.7 Å². The predicted molar refractivity (Wildman–Crippen MR) is 141 cm³/mol. The van der Waals surface area contributed by atoms with Crippen molar-refractivity contribution in [1.29, 1.82) is 0 Å². The molecule has 0 saturated heterocycles. The second-order valence-electron chi connectivity index (χ2n) is 11.0. The number of hydrogen-bond donors (Lipinski definition) is 2. The van der Waals surface area contributed by atoms with Gasteiger partial charge in [0.05, 0.1) is 7.11 Å². The first-order valence-electron chi connectivity index (χ1n) is 12.8. The molecule has 35 heavy (non-hydrogen) atoms. The number of aromatic nitrogens is 1. The first kappa shape index (κ1) is 24.4. The van der Waals surface area contributed by atoms with Crippen LogP contribution in [-0.4, -0.2) is 42.0 Å². The van der Waals surface area contributed by atoms with Crippen LogP contribution in [0.3, 0.4) is 0 Å². The summed E-state index contributed by atoms with van der Waals surface area (Å²) in [6.07, 6.45) is 9.67. The molecular weight excluding hydrogens is 458 g/mol. The number of anilines is 1. The maximum atomic E-state index is 12.8. The molecule has 1 aromatic heterocycles. The molecule has 2 N–H and O–H groups in total. The van der Waals surface area contributed by atoms with E-state index in [1.54, 1.807) is 26.6 Å². The lowest BCUT2D eigenvalue weighted by Gasteiger charge is -2.53. The van der Waals surface area contributed by atoms with Crippen molar-refractivity contribution in [2.45, 2.75) is 70.3 Å². The van der Waals surface area contributed by atoms with Gasteiger partial charge in [0.15, 0.2) is 5.13 Å². The summed E-state index contributed by atoms with van der Waals surface area (Å²) in [6, 6.07) is 6.56. The smallest absolute Gasteiger partial charge is 0.226 e. The van der Waals surface area contributed by atoms with Crippen molar-refractivity contribution in [3.63, 3.8) is 0 Å². The standard InChI is InChI=1S/C28H37N3O3S/c1-17-15-30-26(35-17)31-24(32)10-6-19-14-28(33,16-29-3)27(2)12-11-22-21-9-7-20(34-4)13-18(21)5-8-23(22)25(19)27/h7,9,13,15-16,19,22-23,25,33H,5-6,8,10-12,14H2,1-4H3,(H,30,31,32)/b29-16+/t19-,22?,23?,25?,27+,28-/m1/s1. The Labute approximate surface area is 212 Å². The number of hydrogen-bond acceptors (Lipinski definition) is 6. The summed E-state index contributed by atoms with van der Waals surface area (Å²) >= 11 is 1.50. The third-order valence-electron chi connectivity index (χ3n) is 9.21. The quantitative estimate of drug-likeness (QED) is 0.526. The Morgan fingerprint density at radius 1 is 1.40 bits per heavy atom. The van der Waals surface area contributed by atoms with Crippen molar-refractivity contribution in [3.8, 4) is 5.75 Å². The van der Waals surface area contributed by atoms with E-state index in [-0.39, 0.29) is 17.2 Å². The molecule has 6 nitrogen and oxygen atoms in total. The number of benzene rings is 1. The molecule has 0 radical (unpaired) electrons. The molecule has 1 aromatic carbocycles. The highest BCUT2D eigenvalue weighted by Crippen LogP contribution is 2.66. The molecule has 5 rings (SSSR count). The van der Waals surface area contributed by atoms with Crippen LogP contribution >= 0.6 is 11.3 Å². The van der Waals surface area contributed by atoms with E-state index < -0.39 is 5.60 Å². The molecule has 3 aliphatic rings. The molecular formula is C28H37N3O3S. The van der Waals surface area contributed by atoms with Crippen molar-refractivity contribution in [1.82, 2.24) is 4.98 Å². The number of rotatable bonds is 6. The number of thiazole rings is 1. The largest absolute Gasteiger partial charge is 0.497 e. The molecule has 188 valence electrons. The zero-order valence-corrected chi connectivity index (χ0v) is 22.0. The Bertz CT molecular complexity index is 1130. The third kappa shape index (κ3) is 4.20. The van der Waals surface area contributed by atoms with Gasteiger partial charge >= 0.3 is 0 Å². The van der Waals surface area contributed by atoms with Crippen molar-refractivity contribution in [2.24, 2.45) is 28.2 Å². The molecule has 2 aromatic rings. The molecule has 0 spiro atoms. The Morgan fingerprint density at radius 3 is 2.94 bits per heavy atom. The van der Waals surface area contributed by atoms with E-state index in [2.05, 4.69) is 40.4 Å². The fraction of sp³-hybridized carbons (Fsp3) is 0.607. The van der Waals surface area contributed by atoms with Gasteiger partial charge in [-0.1, -0.05) is 13.0 Å². The second kappa shape index (κ2) is 9.32. The highest BCUT2D eigenvalue weighted by molar-refractivity contribution is 7.15. The van der Waals surface area contributed by atoms with E-state index in [0.29, 0.717) is 35.7 Å². The molecule has 2 saturated carbocycles. The number of fused-ring (bicyclic) bond motifs is 5. The molecule has 6 atom stereocenters. The van der Waals surface area contributed by atoms with Gasteiger partial charge in [0, 0.05) is 36.2 Å². The maximum absolute atomic E-state index is 12.8. The van der Waals surface area contributed by atoms with Crippen LogP contribution in [0.25, 0.3) is 0 Å². The first-order valence-corrected chi connectivity index (χ1v) is 13.6. The van der Waals surface area contributed by atoms with Crippen LogP contribution < -0.4 is 10.1 Å². The van der Waals surface area contributed by atoms with E-state index in [1.807, 2.05) is 6.92 Å². The summed E-state index contributed by atoms with van der Waals surface area (Å²) in [7, 11) is 3.48. The molecule has 2 fully saturated rings. The van der Waals surface area contributed by atoms with Crippen molar-refractivity contribution in [2.75, 3.05) is 19.5 Å². The summed E-state index contributed by atoms with van der Waals surface area (Å²) in [5.74, 6) is 2.57. The Balaban J connectivity index is 1.40. The topological polar surface area (TPSA) is 83.8 Å². The van der Waals surface area contributed by atoms with Gasteiger partial charge in [0.2, 0.25) is 5.91 Å². The zero-order valence-electron chi connectivity index (χ0n) is 21.2. The van der Waals surface area contributed by atoms with Gasteiger partial charge < -0.3 is 15.2 Å². The minimum Gasteiger partial charge on any atom is -0.497 e. The molecule has 1 amide bonds. The molecule has 3 unspecified atom stereocenters. The third-order valence-corrected chi connectivity index (χ3v) is 10.0. The Kier molecular flexibility index (Phi) is 6.51. The fourth-order valence-corrected chi connectivity index (χ4v) is 8.36. The number of methoxy groups -OCH3 is 1. The number of aliphatic hydroxyl groups is 1. The molecule has 1 heterocycles. The van der Waals surface area contributed by atoms with Crippen molar-refractivity contribution < 1.29 is 14.6 Å². The monoisotopic (exact) mass is 495 g/mol. The van der Waals surface area contributed by atoms with Crippen LogP contribution in [-0.2, 0) is 11.2 Å². The number of amides is 1. The lowest BCUT2D eigenvalue weighted by molar-refractivity contribution is -0.116. The first-order chi connectivity index (χ1) is 16.8. The van der Waals surface area contributed by atoms with Crippen molar-refractivity contribution >= 4 is 28.6 Å². The lowest BCUT2D eigenvalue weighted by atomic mass is 9.52. The molecule has 0 aliphatic heterocycles. The van der Waals surface area contributed by atoms with Gasteiger partial charge in [0.1, 0.15) is 11.4 Å².